The minimum atomic E-state index is -0.491. The second-order valence-electron chi connectivity index (χ2n) is 38.0. The molecule has 0 bridgehead atoms. The highest BCUT2D eigenvalue weighted by Crippen LogP contribution is 2.57. The average molecular weight is 1780 g/mol. The van der Waals surface area contributed by atoms with Crippen molar-refractivity contribution in [3.05, 3.63) is 232 Å². The Morgan fingerprint density at radius 1 is 0.385 bits per heavy atom. The average Bonchev–Trinajstić information content (AvgIpc) is 1.62. The number of carbonyl (C=O) groups is 8. The maximum atomic E-state index is 12.5. The molecule has 14 aliphatic rings. The highest BCUT2D eigenvalue weighted by Gasteiger charge is 2.60. The molecule has 19 rings (SSSR count). The van der Waals surface area contributed by atoms with Crippen LogP contribution in [0.2, 0.25) is 0 Å². The van der Waals surface area contributed by atoms with Crippen molar-refractivity contribution in [3.8, 4) is 0 Å². The molecule has 26 nitrogen and oxygen atoms in total. The Bertz CT molecular complexity index is 4880. The van der Waals surface area contributed by atoms with Gasteiger partial charge in [-0.15, -0.1) is 0 Å². The van der Waals surface area contributed by atoms with E-state index in [4.69, 9.17) is 56.8 Å². The monoisotopic (exact) mass is 1780 g/mol. The lowest BCUT2D eigenvalue weighted by Gasteiger charge is -2.27. The van der Waals surface area contributed by atoms with E-state index in [1.54, 1.807) is 12.1 Å². The third kappa shape index (κ3) is 22.8. The number of benzene rings is 5. The normalized spacial score (nSPS) is 27.8. The fraction of sp³-hybridized carbons (Fsp3) is 0.538. The molecule has 2 amide bonds. The Labute approximate surface area is 764 Å². The van der Waals surface area contributed by atoms with Gasteiger partial charge in [0.1, 0.15) is 13.2 Å². The van der Waals surface area contributed by atoms with Gasteiger partial charge in [0.15, 0.2) is 0 Å². The van der Waals surface area contributed by atoms with E-state index in [0.717, 1.165) is 196 Å². The third-order valence-electron chi connectivity index (χ3n) is 28.9. The second kappa shape index (κ2) is 43.6. The molecule has 26 heteroatoms. The lowest BCUT2D eigenvalue weighted by atomic mass is 9.75. The molecule has 2 N–H and O–H groups in total. The molecule has 9 heterocycles. The number of amides is 2. The van der Waals surface area contributed by atoms with Crippen LogP contribution in [0.4, 0.5) is 10.5 Å². The minimum Gasteiger partial charge on any atom is -0.465 e. The van der Waals surface area contributed by atoms with Crippen LogP contribution < -0.4 is 10.6 Å². The number of rotatable bonds is 27. The van der Waals surface area contributed by atoms with Crippen molar-refractivity contribution >= 4 is 53.5 Å². The van der Waals surface area contributed by atoms with Gasteiger partial charge in [0.2, 0.25) is 0 Å². The maximum Gasteiger partial charge on any atom is 0.411 e. The highest BCUT2D eigenvalue weighted by atomic mass is 16.6. The summed E-state index contributed by atoms with van der Waals surface area (Å²) in [7, 11) is 0. The van der Waals surface area contributed by atoms with Crippen molar-refractivity contribution in [2.24, 2.45) is 56.7 Å². The molecule has 9 saturated heterocycles. The summed E-state index contributed by atoms with van der Waals surface area (Å²) in [4.78, 5) is 108. The van der Waals surface area contributed by atoms with Crippen LogP contribution in [0.3, 0.4) is 0 Å². The van der Waals surface area contributed by atoms with Crippen molar-refractivity contribution in [1.29, 1.82) is 0 Å². The Balaban J connectivity index is 0.000000125. The number of allylic oxidation sites excluding steroid dienone is 5. The SMILES string of the molecule is C=C1CC2COC(=O)C2(Cc2ccc(C(=O)N3CCOCC3)cc2)C1.C=C1CC2COC(=O)C2(Cc2ccc(C(=O)OCCN3CCOCC3)cc2)C1.C=C1CC2COC(=O)C2(Cc2ccc(CN3CCOCC3)cc2)C1.C=C1CC2COC(=O)C2(Cc2ccc(NC(=O)OCCNCCOCC)cc2)C1.C=C1CC2COC(=O)C2(Cc2cccc(CN3CCOCC3)c2)C1. The lowest BCUT2D eigenvalue weighted by molar-refractivity contribution is -0.147. The van der Waals surface area contributed by atoms with Gasteiger partial charge in [0.25, 0.3) is 5.91 Å². The zero-order valence-electron chi connectivity index (χ0n) is 75.7. The van der Waals surface area contributed by atoms with E-state index in [1.807, 2.05) is 72.5 Å². The van der Waals surface area contributed by atoms with Gasteiger partial charge in [-0.05, 0) is 179 Å². The van der Waals surface area contributed by atoms with Crippen LogP contribution in [-0.2, 0) is 126 Å². The number of esters is 6. The zero-order valence-corrected chi connectivity index (χ0v) is 75.7. The molecule has 5 aliphatic carbocycles. The van der Waals surface area contributed by atoms with Crippen LogP contribution in [0.5, 0.6) is 0 Å². The van der Waals surface area contributed by atoms with Crippen LogP contribution in [0.1, 0.15) is 131 Å². The van der Waals surface area contributed by atoms with Crippen molar-refractivity contribution in [1.82, 2.24) is 24.9 Å². The number of ether oxygens (including phenoxy) is 12. The van der Waals surface area contributed by atoms with Crippen molar-refractivity contribution < 1.29 is 95.2 Å². The topological polar surface area (TPSA) is 284 Å². The van der Waals surface area contributed by atoms with Gasteiger partial charge in [0, 0.05) is 133 Å². The largest absolute Gasteiger partial charge is 0.465 e. The highest BCUT2D eigenvalue weighted by molar-refractivity contribution is 5.94. The molecule has 5 saturated carbocycles. The van der Waals surface area contributed by atoms with Gasteiger partial charge in [-0.3, -0.25) is 48.8 Å². The molecular formula is C104H130N6O20. The van der Waals surface area contributed by atoms with Gasteiger partial charge in [-0.1, -0.05) is 146 Å². The fourth-order valence-electron chi connectivity index (χ4n) is 21.9. The summed E-state index contributed by atoms with van der Waals surface area (Å²) in [6.07, 6.45) is 11.1. The molecule has 0 spiro atoms. The first-order chi connectivity index (χ1) is 63.0. The summed E-state index contributed by atoms with van der Waals surface area (Å²) >= 11 is 0. The molecule has 9 aliphatic heterocycles. The van der Waals surface area contributed by atoms with E-state index in [2.05, 4.69) is 107 Å². The summed E-state index contributed by atoms with van der Waals surface area (Å²) < 4.78 is 63.9. The van der Waals surface area contributed by atoms with Crippen LogP contribution in [0.15, 0.2) is 182 Å². The second-order valence-corrected chi connectivity index (χ2v) is 38.0. The number of nitrogens with zero attached hydrogens (tertiary/aromatic N) is 4. The Morgan fingerprint density at radius 3 is 1.13 bits per heavy atom. The number of carbonyl (C=O) groups excluding carboxylic acids is 8. The fourth-order valence-corrected chi connectivity index (χ4v) is 21.9. The number of nitrogens with one attached hydrogen (secondary N) is 2. The predicted molar refractivity (Wildman–Crippen MR) is 488 cm³/mol. The minimum absolute atomic E-state index is 0.0234. The summed E-state index contributed by atoms with van der Waals surface area (Å²) in [5.41, 5.74) is 13.8. The molecule has 5 aromatic carbocycles. The number of anilines is 1. The molecule has 696 valence electrons. The van der Waals surface area contributed by atoms with E-state index < -0.39 is 22.3 Å². The standard InChI is InChI=1S/C22H30N2O5.C22H27NO5.C20H23NO4.2C20H25NO3/c1-3-27-10-8-23-9-11-28-21(26)24-19-6-4-17(5-7-19)14-22-13-16(2)12-18(22)15-29-20(22)25;1-16-12-19-15-28-21(25)22(19,13-16)14-17-2-4-18(5-3-17)20(24)27-11-8-23-6-9-26-10-7-23;1-14-10-17-13-25-19(23)20(17,11-14)12-15-2-4-16(5-3-15)18(22)21-6-8-24-9-7-21;1-15-10-18-14-24-19(22)20(18,11-15)12-16-2-4-17(5-3-16)13-21-6-8-23-9-7-21;1-15-9-18-14-24-19(22)20(18,11-15)12-16-3-2-4-17(10-16)13-21-5-7-23-8-6-21/h4-7,18,23H,2-3,8-15H2,1H3,(H,24,26);2-5,19H,1,6-15H2;2-5,17H,1,6-13H2;2-5,18H,1,6-14H2;2-4,10,18H,1,5-9,11-14H2. The van der Waals surface area contributed by atoms with Crippen molar-refractivity contribution in [2.75, 3.05) is 190 Å². The van der Waals surface area contributed by atoms with Crippen molar-refractivity contribution in [3.63, 3.8) is 0 Å². The zero-order chi connectivity index (χ0) is 90.8. The van der Waals surface area contributed by atoms with Gasteiger partial charge in [-0.25, -0.2) is 9.59 Å². The summed E-state index contributed by atoms with van der Waals surface area (Å²) in [5, 5.41) is 5.85. The number of cyclic esters (lactones) is 5. The molecule has 130 heavy (non-hydrogen) atoms. The number of morpholine rings is 4. The van der Waals surface area contributed by atoms with E-state index in [1.165, 1.54) is 33.4 Å². The van der Waals surface area contributed by atoms with E-state index in [-0.39, 0.29) is 76.9 Å². The maximum absolute atomic E-state index is 12.5. The number of fused-ring (bicyclic) bond motifs is 5. The first-order valence-corrected chi connectivity index (χ1v) is 46.8. The van der Waals surface area contributed by atoms with Gasteiger partial charge >= 0.3 is 41.9 Å². The summed E-state index contributed by atoms with van der Waals surface area (Å²) in [5.74, 6) is 0.663. The van der Waals surface area contributed by atoms with E-state index in [0.29, 0.717) is 153 Å². The van der Waals surface area contributed by atoms with Crippen molar-refractivity contribution in [2.45, 2.75) is 116 Å². The molecule has 10 unspecified atom stereocenters. The molecule has 0 aromatic heterocycles. The Morgan fingerprint density at radius 2 is 0.723 bits per heavy atom. The summed E-state index contributed by atoms with van der Waals surface area (Å²) in [6.45, 7) is 43.9. The quantitative estimate of drug-likeness (QED) is 0.0214. The first kappa shape index (κ1) is 94.6. The van der Waals surface area contributed by atoms with Gasteiger partial charge in [0.05, 0.1) is 125 Å². The van der Waals surface area contributed by atoms with Crippen LogP contribution in [0.25, 0.3) is 0 Å². The molecule has 10 atom stereocenters. The van der Waals surface area contributed by atoms with Gasteiger partial charge in [-0.2, -0.15) is 0 Å². The first-order valence-electron chi connectivity index (χ1n) is 46.8. The number of hydrogen-bond donors (Lipinski definition) is 2. The predicted octanol–water partition coefficient (Wildman–Crippen LogP) is 12.5. The van der Waals surface area contributed by atoms with Crippen LogP contribution in [-0.4, -0.2) is 252 Å². The molecule has 0 radical (unpaired) electrons. The van der Waals surface area contributed by atoms with E-state index >= 15 is 0 Å². The van der Waals surface area contributed by atoms with Crippen LogP contribution in [0, 0.1) is 56.7 Å². The molecular weight excluding hydrogens is 1650 g/mol. The lowest BCUT2D eigenvalue weighted by Crippen LogP contribution is -2.40. The summed E-state index contributed by atoms with van der Waals surface area (Å²) in [6, 6.07) is 40.0. The molecule has 5 aromatic rings. The Kier molecular flexibility index (Phi) is 31.7. The number of hydrogen-bond acceptors (Lipinski definition) is 24. The van der Waals surface area contributed by atoms with Crippen LogP contribution >= 0.6 is 0 Å². The Hall–Kier alpha value is -10.0. The molecule has 14 fully saturated rings. The van der Waals surface area contributed by atoms with Gasteiger partial charge < -0.3 is 67.1 Å². The smallest absolute Gasteiger partial charge is 0.411 e. The van der Waals surface area contributed by atoms with E-state index in [9.17, 15) is 38.4 Å². The third-order valence-corrected chi connectivity index (χ3v) is 28.9.